The number of ether oxygens (including phenoxy) is 2. The summed E-state index contributed by atoms with van der Waals surface area (Å²) in [5.41, 5.74) is 0. The first-order valence-electron chi connectivity index (χ1n) is 6.22. The van der Waals surface area contributed by atoms with Gasteiger partial charge in [-0.25, -0.2) is 9.59 Å². The number of esters is 2. The summed E-state index contributed by atoms with van der Waals surface area (Å²) in [5.74, 6) is -1.61. The summed E-state index contributed by atoms with van der Waals surface area (Å²) < 4.78 is 9.73. The Labute approximate surface area is 112 Å². The van der Waals surface area contributed by atoms with Gasteiger partial charge in [-0.2, -0.15) is 0 Å². The predicted molar refractivity (Wildman–Crippen MR) is 65.1 cm³/mol. The quantitative estimate of drug-likeness (QED) is 0.380. The van der Waals surface area contributed by atoms with Crippen molar-refractivity contribution in [2.75, 3.05) is 13.2 Å². The molecule has 0 aromatic rings. The van der Waals surface area contributed by atoms with Crippen LogP contribution in [0.5, 0.6) is 0 Å². The molecule has 0 saturated carbocycles. The minimum absolute atomic E-state index is 0.0184. The molecule has 0 rings (SSSR count). The molecular weight excluding hydrogens is 256 g/mol. The summed E-state index contributed by atoms with van der Waals surface area (Å²) in [4.78, 5) is 22.3. The fourth-order valence-electron chi connectivity index (χ4n) is 1.22. The van der Waals surface area contributed by atoms with Gasteiger partial charge in [0.05, 0.1) is 0 Å². The highest BCUT2D eigenvalue weighted by Crippen LogP contribution is 2.08. The van der Waals surface area contributed by atoms with Crippen LogP contribution in [0.15, 0.2) is 0 Å². The topological polar surface area (TPSA) is 113 Å². The van der Waals surface area contributed by atoms with Gasteiger partial charge in [0, 0.05) is 6.61 Å². The van der Waals surface area contributed by atoms with E-state index >= 15 is 0 Å². The molecule has 7 nitrogen and oxygen atoms in total. The van der Waals surface area contributed by atoms with Crippen LogP contribution in [0.25, 0.3) is 0 Å². The Kier molecular flexibility index (Phi) is 9.11. The lowest BCUT2D eigenvalue weighted by molar-refractivity contribution is -0.168. The van der Waals surface area contributed by atoms with Gasteiger partial charge in [-0.05, 0) is 33.1 Å². The molecule has 0 aliphatic rings. The van der Waals surface area contributed by atoms with Crippen molar-refractivity contribution in [1.82, 2.24) is 0 Å². The minimum Gasteiger partial charge on any atom is -0.460 e. The Balaban J connectivity index is 4.24. The second-order valence-electron chi connectivity index (χ2n) is 4.26. The molecule has 0 radical (unpaired) electrons. The van der Waals surface area contributed by atoms with Gasteiger partial charge in [0.2, 0.25) is 0 Å². The number of unbranched alkanes of at least 4 members (excludes halogenated alkanes) is 1. The normalized spacial score (nSPS) is 15.4. The molecule has 19 heavy (non-hydrogen) atoms. The molecule has 0 saturated heterocycles. The highest BCUT2D eigenvalue weighted by molar-refractivity contribution is 5.74. The molecule has 0 heterocycles. The molecule has 3 unspecified atom stereocenters. The van der Waals surface area contributed by atoms with Crippen LogP contribution >= 0.6 is 0 Å². The van der Waals surface area contributed by atoms with Gasteiger partial charge in [-0.15, -0.1) is 0 Å². The highest BCUT2D eigenvalue weighted by Gasteiger charge is 2.20. The van der Waals surface area contributed by atoms with E-state index in [9.17, 15) is 9.59 Å². The Morgan fingerprint density at radius 2 is 1.63 bits per heavy atom. The number of aliphatic hydroxyl groups excluding tert-OH is 3. The molecule has 0 aromatic carbocycles. The highest BCUT2D eigenvalue weighted by atomic mass is 16.6. The molecule has 0 aromatic heterocycles. The maximum absolute atomic E-state index is 11.3. The van der Waals surface area contributed by atoms with E-state index in [1.54, 1.807) is 0 Å². The second kappa shape index (κ2) is 9.71. The molecule has 0 bridgehead atoms. The van der Waals surface area contributed by atoms with E-state index in [1.165, 1.54) is 13.8 Å². The fourth-order valence-corrected chi connectivity index (χ4v) is 1.22. The fraction of sp³-hybridized carbons (Fsp3) is 0.833. The van der Waals surface area contributed by atoms with Crippen molar-refractivity contribution in [2.45, 2.75) is 51.4 Å². The number of carbonyl (C=O) groups excluding carboxylic acids is 2. The van der Waals surface area contributed by atoms with E-state index in [0.717, 1.165) is 0 Å². The SMILES string of the molecule is CC(O)C(=O)OCC(CCCCO)OC(=O)C(C)O. The average Bonchev–Trinajstić information content (AvgIpc) is 2.34. The summed E-state index contributed by atoms with van der Waals surface area (Å²) >= 11 is 0. The zero-order chi connectivity index (χ0) is 14.8. The maximum atomic E-state index is 11.3. The van der Waals surface area contributed by atoms with Crippen molar-refractivity contribution in [3.05, 3.63) is 0 Å². The van der Waals surface area contributed by atoms with Crippen LogP contribution in [0.2, 0.25) is 0 Å². The van der Waals surface area contributed by atoms with Crippen molar-refractivity contribution < 1.29 is 34.4 Å². The molecular formula is C12H22O7. The molecule has 0 amide bonds. The van der Waals surface area contributed by atoms with E-state index in [4.69, 9.17) is 24.8 Å². The third kappa shape index (κ3) is 8.52. The monoisotopic (exact) mass is 278 g/mol. The summed E-state index contributed by atoms with van der Waals surface area (Å²) in [5, 5.41) is 26.7. The summed E-state index contributed by atoms with van der Waals surface area (Å²) in [6, 6.07) is 0. The van der Waals surface area contributed by atoms with Gasteiger partial charge in [0.1, 0.15) is 24.9 Å². The van der Waals surface area contributed by atoms with Gasteiger partial charge in [0.15, 0.2) is 0 Å². The molecule has 3 N–H and O–H groups in total. The first kappa shape index (κ1) is 17.8. The Hall–Kier alpha value is -1.18. The Bertz CT molecular complexity index is 275. The molecule has 0 fully saturated rings. The lowest BCUT2D eigenvalue weighted by atomic mass is 10.1. The van der Waals surface area contributed by atoms with E-state index < -0.39 is 30.3 Å². The summed E-state index contributed by atoms with van der Waals surface area (Å²) in [6.07, 6.45) is -1.69. The third-order valence-corrected chi connectivity index (χ3v) is 2.31. The first-order valence-corrected chi connectivity index (χ1v) is 6.22. The number of aliphatic hydroxyl groups is 3. The largest absolute Gasteiger partial charge is 0.460 e. The Morgan fingerprint density at radius 3 is 2.11 bits per heavy atom. The van der Waals surface area contributed by atoms with Crippen LogP contribution in [0.1, 0.15) is 33.1 Å². The van der Waals surface area contributed by atoms with E-state index in [1.807, 2.05) is 0 Å². The minimum atomic E-state index is -1.26. The van der Waals surface area contributed by atoms with Crippen LogP contribution in [0.3, 0.4) is 0 Å². The van der Waals surface area contributed by atoms with Gasteiger partial charge in [-0.3, -0.25) is 0 Å². The maximum Gasteiger partial charge on any atom is 0.335 e. The number of hydrogen-bond donors (Lipinski definition) is 3. The predicted octanol–water partition coefficient (Wildman–Crippen LogP) is -0.634. The van der Waals surface area contributed by atoms with Crippen LogP contribution in [0, 0.1) is 0 Å². The van der Waals surface area contributed by atoms with Crippen LogP contribution in [0.4, 0.5) is 0 Å². The summed E-state index contributed by atoms with van der Waals surface area (Å²) in [6.45, 7) is 2.37. The van der Waals surface area contributed by atoms with Crippen molar-refractivity contribution in [1.29, 1.82) is 0 Å². The molecule has 0 aliphatic heterocycles. The number of hydrogen-bond acceptors (Lipinski definition) is 7. The first-order chi connectivity index (χ1) is 8.88. The summed E-state index contributed by atoms with van der Waals surface area (Å²) in [7, 11) is 0. The lowest BCUT2D eigenvalue weighted by Crippen LogP contribution is -2.31. The molecule has 7 heteroatoms. The van der Waals surface area contributed by atoms with Gasteiger partial charge >= 0.3 is 11.9 Å². The third-order valence-electron chi connectivity index (χ3n) is 2.31. The van der Waals surface area contributed by atoms with Crippen molar-refractivity contribution in [3.63, 3.8) is 0 Å². The van der Waals surface area contributed by atoms with Gasteiger partial charge in [-0.1, -0.05) is 0 Å². The number of rotatable bonds is 9. The van der Waals surface area contributed by atoms with Gasteiger partial charge in [0.25, 0.3) is 0 Å². The average molecular weight is 278 g/mol. The number of carbonyl (C=O) groups is 2. The van der Waals surface area contributed by atoms with Crippen LogP contribution in [-0.4, -0.2) is 58.8 Å². The van der Waals surface area contributed by atoms with Crippen LogP contribution in [-0.2, 0) is 19.1 Å². The van der Waals surface area contributed by atoms with Crippen molar-refractivity contribution in [2.24, 2.45) is 0 Å². The standard InChI is InChI=1S/C12H22O7/c1-8(14)11(16)18-7-10(5-3-4-6-13)19-12(17)9(2)15/h8-10,13-15H,3-7H2,1-2H3. The van der Waals surface area contributed by atoms with E-state index in [2.05, 4.69) is 0 Å². The van der Waals surface area contributed by atoms with Crippen molar-refractivity contribution in [3.8, 4) is 0 Å². The Morgan fingerprint density at radius 1 is 1.05 bits per heavy atom. The molecule has 0 spiro atoms. The zero-order valence-electron chi connectivity index (χ0n) is 11.2. The molecule has 112 valence electrons. The van der Waals surface area contributed by atoms with Crippen molar-refractivity contribution >= 4 is 11.9 Å². The zero-order valence-corrected chi connectivity index (χ0v) is 11.2. The lowest BCUT2D eigenvalue weighted by Gasteiger charge is -2.19. The van der Waals surface area contributed by atoms with E-state index in [0.29, 0.717) is 19.3 Å². The van der Waals surface area contributed by atoms with Gasteiger partial charge < -0.3 is 24.8 Å². The second-order valence-corrected chi connectivity index (χ2v) is 4.26. The smallest absolute Gasteiger partial charge is 0.335 e. The molecule has 0 aliphatic carbocycles. The van der Waals surface area contributed by atoms with Crippen LogP contribution < -0.4 is 0 Å². The molecule has 3 atom stereocenters. The van der Waals surface area contributed by atoms with E-state index in [-0.39, 0.29) is 13.2 Å².